The van der Waals surface area contributed by atoms with Crippen molar-refractivity contribution in [1.82, 2.24) is 19.3 Å². The van der Waals surface area contributed by atoms with Crippen LogP contribution in [0.3, 0.4) is 0 Å². The first-order chi connectivity index (χ1) is 14.0. The summed E-state index contributed by atoms with van der Waals surface area (Å²) in [4.78, 5) is 24.5. The van der Waals surface area contributed by atoms with Gasteiger partial charge in [0, 0.05) is 12.7 Å². The highest BCUT2D eigenvalue weighted by atomic mass is 32.2. The number of aromatic nitrogens is 4. The third-order valence-corrected chi connectivity index (χ3v) is 6.41. The number of benzene rings is 2. The van der Waals surface area contributed by atoms with Crippen molar-refractivity contribution in [2.45, 2.75) is 18.6 Å². The highest BCUT2D eigenvalue weighted by molar-refractivity contribution is 7.99. The highest BCUT2D eigenvalue weighted by Crippen LogP contribution is 2.20. The van der Waals surface area contributed by atoms with E-state index in [0.29, 0.717) is 17.5 Å². The Morgan fingerprint density at radius 1 is 1.17 bits per heavy atom. The predicted octanol–water partition coefficient (Wildman–Crippen LogP) is 3.28. The number of nitrogens with zero attached hydrogens (tertiary/aromatic N) is 4. The van der Waals surface area contributed by atoms with Crippen LogP contribution < -0.4 is 10.2 Å². The lowest BCUT2D eigenvalue weighted by Gasteiger charge is -2.07. The van der Waals surface area contributed by atoms with Gasteiger partial charge in [0.1, 0.15) is 0 Å². The molecule has 0 aliphatic heterocycles. The van der Waals surface area contributed by atoms with E-state index < -0.39 is 0 Å². The van der Waals surface area contributed by atoms with E-state index in [1.807, 2.05) is 67.1 Å². The highest BCUT2D eigenvalue weighted by Gasteiger charge is 2.15. The third-order valence-electron chi connectivity index (χ3n) is 4.43. The molecule has 0 saturated heterocycles. The second kappa shape index (κ2) is 8.22. The van der Waals surface area contributed by atoms with Crippen LogP contribution in [-0.4, -0.2) is 31.0 Å². The Bertz CT molecular complexity index is 1240. The van der Waals surface area contributed by atoms with Gasteiger partial charge in [-0.3, -0.25) is 14.2 Å². The Morgan fingerprint density at radius 2 is 2.00 bits per heavy atom. The van der Waals surface area contributed by atoms with Crippen LogP contribution in [0.4, 0.5) is 5.69 Å². The first-order valence-corrected chi connectivity index (χ1v) is 10.8. The summed E-state index contributed by atoms with van der Waals surface area (Å²) in [5.74, 6) is 0.781. The zero-order valence-electron chi connectivity index (χ0n) is 16.0. The SMILES string of the molecule is Cc1cccc(NC(=O)CSc2nnc(Cn3c(=O)sc4ccccc43)n2C)c1. The summed E-state index contributed by atoms with van der Waals surface area (Å²) >= 11 is 2.53. The molecule has 148 valence electrons. The van der Waals surface area contributed by atoms with Crippen molar-refractivity contribution in [1.29, 1.82) is 0 Å². The lowest BCUT2D eigenvalue weighted by atomic mass is 10.2. The number of aryl methyl sites for hydroxylation is 1. The van der Waals surface area contributed by atoms with Gasteiger partial charge < -0.3 is 9.88 Å². The van der Waals surface area contributed by atoms with Crippen molar-refractivity contribution in [2.75, 3.05) is 11.1 Å². The van der Waals surface area contributed by atoms with Crippen molar-refractivity contribution < 1.29 is 4.79 Å². The molecule has 1 amide bonds. The van der Waals surface area contributed by atoms with E-state index in [1.165, 1.54) is 23.1 Å². The van der Waals surface area contributed by atoms with Gasteiger partial charge in [0.2, 0.25) is 5.91 Å². The van der Waals surface area contributed by atoms with Crippen molar-refractivity contribution >= 4 is 44.9 Å². The topological polar surface area (TPSA) is 81.8 Å². The third kappa shape index (κ3) is 4.25. The van der Waals surface area contributed by atoms with Crippen LogP contribution >= 0.6 is 23.1 Å². The summed E-state index contributed by atoms with van der Waals surface area (Å²) < 4.78 is 4.47. The zero-order valence-corrected chi connectivity index (χ0v) is 17.6. The van der Waals surface area contributed by atoms with Gasteiger partial charge in [-0.25, -0.2) is 0 Å². The van der Waals surface area contributed by atoms with Crippen LogP contribution in [0.1, 0.15) is 11.4 Å². The van der Waals surface area contributed by atoms with Crippen molar-refractivity contribution in [2.24, 2.45) is 7.05 Å². The summed E-state index contributed by atoms with van der Waals surface area (Å²) in [6.07, 6.45) is 0. The van der Waals surface area contributed by atoms with E-state index in [0.717, 1.165) is 21.5 Å². The van der Waals surface area contributed by atoms with Crippen LogP contribution in [0.5, 0.6) is 0 Å². The molecule has 0 atom stereocenters. The van der Waals surface area contributed by atoms with Gasteiger partial charge in [-0.1, -0.05) is 47.4 Å². The minimum atomic E-state index is -0.106. The van der Waals surface area contributed by atoms with Crippen molar-refractivity contribution in [3.63, 3.8) is 0 Å². The molecule has 9 heteroatoms. The Balaban J connectivity index is 1.44. The van der Waals surface area contributed by atoms with E-state index in [9.17, 15) is 9.59 Å². The quantitative estimate of drug-likeness (QED) is 0.480. The maximum atomic E-state index is 12.3. The van der Waals surface area contributed by atoms with E-state index in [1.54, 1.807) is 4.57 Å². The Morgan fingerprint density at radius 3 is 2.83 bits per heavy atom. The van der Waals surface area contributed by atoms with E-state index in [4.69, 9.17) is 0 Å². The molecule has 0 aliphatic rings. The maximum absolute atomic E-state index is 12.3. The molecule has 0 saturated carbocycles. The van der Waals surface area contributed by atoms with Gasteiger partial charge in [-0.05, 0) is 36.8 Å². The molecule has 0 spiro atoms. The van der Waals surface area contributed by atoms with Gasteiger partial charge in [0.05, 0.1) is 22.5 Å². The van der Waals surface area contributed by atoms with Crippen LogP contribution in [-0.2, 0) is 18.4 Å². The molecule has 2 aromatic heterocycles. The number of amides is 1. The maximum Gasteiger partial charge on any atom is 0.308 e. The molecule has 4 rings (SSSR count). The molecule has 2 aromatic carbocycles. The number of carbonyl (C=O) groups excluding carboxylic acids is 1. The number of thioether (sulfide) groups is 1. The zero-order chi connectivity index (χ0) is 20.4. The fourth-order valence-electron chi connectivity index (χ4n) is 2.96. The van der Waals surface area contributed by atoms with Crippen LogP contribution in [0.2, 0.25) is 0 Å². The van der Waals surface area contributed by atoms with E-state index in [2.05, 4.69) is 15.5 Å². The first-order valence-electron chi connectivity index (χ1n) is 8.97. The van der Waals surface area contributed by atoms with Crippen LogP contribution in [0, 0.1) is 6.92 Å². The predicted molar refractivity (Wildman–Crippen MR) is 117 cm³/mol. The summed E-state index contributed by atoms with van der Waals surface area (Å²) in [6, 6.07) is 15.4. The number of hydrogen-bond acceptors (Lipinski definition) is 6. The lowest BCUT2D eigenvalue weighted by Crippen LogP contribution is -2.16. The summed E-state index contributed by atoms with van der Waals surface area (Å²) in [5, 5.41) is 11.9. The number of nitrogens with one attached hydrogen (secondary N) is 1. The summed E-state index contributed by atoms with van der Waals surface area (Å²) in [7, 11) is 1.84. The van der Waals surface area contributed by atoms with Crippen LogP contribution in [0.15, 0.2) is 58.5 Å². The van der Waals surface area contributed by atoms with Gasteiger partial charge in [0.15, 0.2) is 11.0 Å². The second-order valence-corrected chi connectivity index (χ2v) is 8.52. The molecule has 0 aliphatic carbocycles. The van der Waals surface area contributed by atoms with E-state index in [-0.39, 0.29) is 16.5 Å². The number of anilines is 1. The van der Waals surface area contributed by atoms with Gasteiger partial charge in [-0.15, -0.1) is 10.2 Å². The minimum absolute atomic E-state index is 0.0269. The number of carbonyl (C=O) groups is 1. The van der Waals surface area contributed by atoms with Gasteiger partial charge in [-0.2, -0.15) is 0 Å². The molecule has 0 radical (unpaired) electrons. The number of para-hydroxylation sites is 1. The average Bonchev–Trinajstić information content (AvgIpc) is 3.20. The Hall–Kier alpha value is -2.91. The number of hydrogen-bond donors (Lipinski definition) is 1. The molecule has 29 heavy (non-hydrogen) atoms. The number of fused-ring (bicyclic) bond motifs is 1. The molecule has 1 N–H and O–H groups in total. The average molecular weight is 426 g/mol. The minimum Gasteiger partial charge on any atom is -0.325 e. The molecule has 0 bridgehead atoms. The largest absolute Gasteiger partial charge is 0.325 e. The lowest BCUT2D eigenvalue weighted by molar-refractivity contribution is -0.113. The fraction of sp³-hybridized carbons (Fsp3) is 0.200. The molecular weight excluding hydrogens is 406 g/mol. The van der Waals surface area contributed by atoms with E-state index >= 15 is 0 Å². The summed E-state index contributed by atoms with van der Waals surface area (Å²) in [6.45, 7) is 2.32. The smallest absolute Gasteiger partial charge is 0.308 e. The number of rotatable bonds is 6. The van der Waals surface area contributed by atoms with Crippen molar-refractivity contribution in [3.05, 3.63) is 69.6 Å². The molecule has 2 heterocycles. The molecule has 0 fully saturated rings. The Labute approximate surface area is 175 Å². The molecule has 7 nitrogen and oxygen atoms in total. The molecule has 4 aromatic rings. The summed E-state index contributed by atoms with van der Waals surface area (Å²) in [5.41, 5.74) is 2.75. The van der Waals surface area contributed by atoms with Crippen LogP contribution in [0.25, 0.3) is 10.2 Å². The fourth-order valence-corrected chi connectivity index (χ4v) is 4.58. The Kier molecular flexibility index (Phi) is 5.50. The molecule has 0 unspecified atom stereocenters. The first kappa shape index (κ1) is 19.4. The monoisotopic (exact) mass is 425 g/mol. The standard InChI is InChI=1S/C20H19N5O2S2/c1-13-6-5-7-14(10-13)21-18(26)12-28-19-23-22-17(24(19)2)11-25-15-8-3-4-9-16(15)29-20(25)27/h3-10H,11-12H2,1-2H3,(H,21,26). The van der Waals surface area contributed by atoms with Gasteiger partial charge in [0.25, 0.3) is 0 Å². The normalized spacial score (nSPS) is 11.1. The van der Waals surface area contributed by atoms with Crippen molar-refractivity contribution in [3.8, 4) is 0 Å². The van der Waals surface area contributed by atoms with Gasteiger partial charge >= 0.3 is 4.87 Å². The molecular formula is C20H19N5O2S2. The second-order valence-electron chi connectivity index (χ2n) is 6.59. The number of thiazole rings is 1.